The Morgan fingerprint density at radius 3 is 2.16 bits per heavy atom. The minimum atomic E-state index is -2.80. The molecule has 3 heterocycles. The van der Waals surface area contributed by atoms with E-state index in [9.17, 15) is 1.37 Å². The van der Waals surface area contributed by atoms with E-state index in [1.54, 1.807) is 24.3 Å². The molecule has 6 unspecified atom stereocenters. The molecule has 384 valence electrons. The fourth-order valence-corrected chi connectivity index (χ4v) is 15.5. The van der Waals surface area contributed by atoms with Crippen molar-refractivity contribution >= 4 is 43.5 Å². The smallest absolute Gasteiger partial charge is 0.145 e. The third kappa shape index (κ3) is 9.27. The van der Waals surface area contributed by atoms with Gasteiger partial charge in [-0.05, 0) is 246 Å². The Bertz CT molecular complexity index is 4050. The number of nitrogens with zero attached hydrogens (tertiary/aromatic N) is 2. The minimum Gasteiger partial charge on any atom is -0.457 e. The van der Waals surface area contributed by atoms with Crippen LogP contribution in [0.5, 0.6) is 11.5 Å². The molecule has 3 aliphatic rings. The average Bonchev–Trinajstić information content (AvgIpc) is 1.84. The Kier molecular flexibility index (Phi) is 9.81. The molecule has 0 aliphatic heterocycles. The normalized spacial score (nSPS) is 27.0. The minimum absolute atomic E-state index is 0.0102. The number of rotatable bonds is 8. The van der Waals surface area contributed by atoms with Gasteiger partial charge in [-0.2, -0.15) is 0 Å². The molecule has 0 N–H and O–H groups in total. The molecule has 12 rings (SSSR count). The van der Waals surface area contributed by atoms with E-state index in [2.05, 4.69) is 103 Å². The van der Waals surface area contributed by atoms with Gasteiger partial charge in [0.2, 0.25) is 0 Å². The first kappa shape index (κ1) is 39.2. The van der Waals surface area contributed by atoms with Crippen LogP contribution < -0.4 is 4.74 Å². The van der Waals surface area contributed by atoms with Crippen LogP contribution in [0.3, 0.4) is 0 Å². The van der Waals surface area contributed by atoms with Gasteiger partial charge in [-0.25, -0.2) is 0 Å². The molecule has 4 heteroatoms. The van der Waals surface area contributed by atoms with Crippen molar-refractivity contribution in [3.05, 3.63) is 155 Å². The van der Waals surface area contributed by atoms with E-state index >= 15 is 0 Å². The highest BCUT2D eigenvalue weighted by Gasteiger charge is 2.48. The van der Waals surface area contributed by atoms with Crippen molar-refractivity contribution in [3.63, 3.8) is 0 Å². The van der Waals surface area contributed by atoms with Crippen LogP contribution in [-0.2, 0) is 0 Å². The number of benzene rings is 6. The van der Waals surface area contributed by atoms with Crippen LogP contribution in [0.2, 0.25) is 0 Å². The summed E-state index contributed by atoms with van der Waals surface area (Å²) in [6.07, 6.45) is 13.0. The summed E-state index contributed by atoms with van der Waals surface area (Å²) in [5.74, 6) is 2.20. The van der Waals surface area contributed by atoms with Crippen molar-refractivity contribution in [2.24, 2.45) is 45.8 Å². The van der Waals surface area contributed by atoms with Gasteiger partial charge in [-0.3, -0.25) is 9.97 Å². The molecule has 0 amide bonds. The molecule has 3 fully saturated rings. The summed E-state index contributed by atoms with van der Waals surface area (Å²) in [7, 11) is 0. The van der Waals surface area contributed by atoms with Gasteiger partial charge >= 0.3 is 0 Å². The molecule has 0 bridgehead atoms. The van der Waals surface area contributed by atoms with E-state index < -0.39 is 20.6 Å². The average molecular weight is 1000 g/mol. The van der Waals surface area contributed by atoms with Crippen LogP contribution in [0.15, 0.2) is 132 Å². The Morgan fingerprint density at radius 1 is 0.627 bits per heavy atom. The van der Waals surface area contributed by atoms with Crippen LogP contribution in [0.25, 0.3) is 77.1 Å². The zero-order valence-corrected chi connectivity index (χ0v) is 45.1. The van der Waals surface area contributed by atoms with Gasteiger partial charge in [0.25, 0.3) is 0 Å². The first-order valence-electron chi connectivity index (χ1n) is 32.6. The molecule has 3 saturated carbocycles. The number of aryl methyl sites for hydroxylation is 3. The van der Waals surface area contributed by atoms with Crippen molar-refractivity contribution in [2.75, 3.05) is 0 Å². The van der Waals surface area contributed by atoms with Gasteiger partial charge in [-0.1, -0.05) is 115 Å². The molecular formula is C71H78N2O2. The van der Waals surface area contributed by atoms with Gasteiger partial charge in [0.05, 0.1) is 11.4 Å². The number of hydrogen-bond acceptors (Lipinski definition) is 4. The fraction of sp³-hybridized carbons (Fsp3) is 0.408. The molecule has 6 aromatic carbocycles. The van der Waals surface area contributed by atoms with Crippen LogP contribution in [0.1, 0.15) is 154 Å². The predicted molar refractivity (Wildman–Crippen MR) is 315 cm³/mol. The lowest BCUT2D eigenvalue weighted by Crippen LogP contribution is -2.43. The van der Waals surface area contributed by atoms with Crippen LogP contribution in [0.4, 0.5) is 0 Å². The van der Waals surface area contributed by atoms with E-state index in [0.29, 0.717) is 68.5 Å². The summed E-state index contributed by atoms with van der Waals surface area (Å²) in [4.78, 5) is 9.70. The highest BCUT2D eigenvalue weighted by Crippen LogP contribution is 2.59. The van der Waals surface area contributed by atoms with Gasteiger partial charge < -0.3 is 9.15 Å². The highest BCUT2D eigenvalue weighted by molar-refractivity contribution is 6.17. The van der Waals surface area contributed by atoms with E-state index in [1.165, 1.54) is 24.5 Å². The van der Waals surface area contributed by atoms with Crippen molar-refractivity contribution in [1.29, 1.82) is 0 Å². The van der Waals surface area contributed by atoms with Crippen molar-refractivity contribution in [3.8, 4) is 45.1 Å². The molecule has 0 spiro atoms. The predicted octanol–water partition coefficient (Wildman–Crippen LogP) is 20.5. The summed E-state index contributed by atoms with van der Waals surface area (Å²) in [6, 6.07) is 36.3. The van der Waals surface area contributed by atoms with Gasteiger partial charge in [0.15, 0.2) is 0 Å². The molecule has 6 atom stereocenters. The van der Waals surface area contributed by atoms with Crippen molar-refractivity contribution in [1.82, 2.24) is 9.97 Å². The zero-order valence-electron chi connectivity index (χ0n) is 55.1. The first-order valence-corrected chi connectivity index (χ1v) is 27.6. The highest BCUT2D eigenvalue weighted by atomic mass is 16.5. The number of aromatic nitrogens is 2. The molecular weight excluding hydrogens is 913 g/mol. The molecule has 3 aromatic heterocycles. The summed E-state index contributed by atoms with van der Waals surface area (Å²) < 4.78 is 101. The third-order valence-corrected chi connectivity index (χ3v) is 18.4. The molecule has 0 saturated heterocycles. The quantitative estimate of drug-likeness (QED) is 0.142. The second-order valence-corrected chi connectivity index (χ2v) is 25.3. The van der Waals surface area contributed by atoms with Gasteiger partial charge in [-0.15, -0.1) is 0 Å². The maximum Gasteiger partial charge on any atom is 0.145 e. The van der Waals surface area contributed by atoms with Gasteiger partial charge in [0.1, 0.15) is 22.7 Å². The second kappa shape index (κ2) is 18.8. The third-order valence-electron chi connectivity index (χ3n) is 18.4. The summed E-state index contributed by atoms with van der Waals surface area (Å²) in [5.41, 5.74) is 6.10. The zero-order chi connectivity index (χ0) is 60.6. The Labute approximate surface area is 460 Å². The Balaban J connectivity index is 0.958. The summed E-state index contributed by atoms with van der Waals surface area (Å²) in [6.45, 7) is 10.9. The maximum absolute atomic E-state index is 10.00. The van der Waals surface area contributed by atoms with Crippen LogP contribution in [-0.4, -0.2) is 9.97 Å². The maximum atomic E-state index is 10.00. The molecule has 9 aromatic rings. The number of furan rings is 1. The number of ether oxygens (including phenoxy) is 1. The molecule has 75 heavy (non-hydrogen) atoms. The number of fused-ring (bicyclic) bond motifs is 6. The lowest BCUT2D eigenvalue weighted by molar-refractivity contribution is -0.0239. The second-order valence-electron chi connectivity index (χ2n) is 25.3. The van der Waals surface area contributed by atoms with Gasteiger partial charge in [0, 0.05) is 48.0 Å². The van der Waals surface area contributed by atoms with Crippen molar-refractivity contribution in [2.45, 2.75) is 140 Å². The fourth-order valence-electron chi connectivity index (χ4n) is 15.5. The summed E-state index contributed by atoms with van der Waals surface area (Å²) >= 11 is 0. The number of hydrogen-bond donors (Lipinski definition) is 0. The standard InChI is InChI=1S/C71H78N2O2/c1-42-28-64(72-39-45(42)4)52-30-58(48-17-13-12-14-18-48)47(6)66(31-52)74-54-32-61-60-29-51-22-21-49-19-15-16-20-56(49)59(51)35-67(60)75-68(61)62(33-54)65-34-57(46(5)40-73-65)55-25-26-71(11,36-44(55)3)63-24-23-50(27-43(63)2)53-37-69(7,8)41-70(9,10)38-53/h12-22,28-35,39-40,43-44,50,53,55,63H,23-27,36-38,41H2,1-11H3/i1D3,4D3,6D3,53D. The van der Waals surface area contributed by atoms with E-state index in [0.717, 1.165) is 89.0 Å². The van der Waals surface area contributed by atoms with Crippen LogP contribution in [0, 0.1) is 73.3 Å². The largest absolute Gasteiger partial charge is 0.457 e. The van der Waals surface area contributed by atoms with Crippen molar-refractivity contribution < 1.29 is 22.9 Å². The topological polar surface area (TPSA) is 48.2 Å². The molecule has 3 aliphatic carbocycles. The Morgan fingerprint density at radius 2 is 1.39 bits per heavy atom. The lowest BCUT2D eigenvalue weighted by Gasteiger charge is -2.53. The first-order chi connectivity index (χ1) is 39.9. The number of pyridine rings is 2. The monoisotopic (exact) mass is 1000 g/mol. The van der Waals surface area contributed by atoms with E-state index in [-0.39, 0.29) is 56.2 Å². The SMILES string of the molecule is [2H]C([2H])([2H])c1cnc(-c2cc(Oc3cc(-c4cc(C5CCC(C)(C6CCC(C7([2H])CC(C)(C)CC(C)(C)C7)CC6C)CC5C)c(C)cn4)c4oc5cc6c(ccc7ccccc76)cc5c4c3)c(C([2H])([2H])[2H])c(-c3ccccc3)c2)cc1C([2H])([2H])[2H]. The molecule has 4 nitrogen and oxygen atoms in total. The van der Waals surface area contributed by atoms with E-state index in [4.69, 9.17) is 26.5 Å². The molecule has 0 radical (unpaired) electrons. The van der Waals surface area contributed by atoms with Crippen LogP contribution >= 0.6 is 0 Å². The van der Waals surface area contributed by atoms with E-state index in [1.807, 2.05) is 48.7 Å². The summed E-state index contributed by atoms with van der Waals surface area (Å²) in [5, 5.41) is 5.88. The lowest BCUT2D eigenvalue weighted by atomic mass is 9.52. The Hall–Kier alpha value is -6.26.